The summed E-state index contributed by atoms with van der Waals surface area (Å²) in [5, 5.41) is 19.5. The quantitative estimate of drug-likeness (QED) is 0.572. The molecule has 106 valence electrons. The fourth-order valence-corrected chi connectivity index (χ4v) is 1.78. The van der Waals surface area contributed by atoms with Crippen LogP contribution >= 0.6 is 0 Å². The number of non-ortho nitro benzene ring substituents is 1. The highest BCUT2D eigenvalue weighted by Crippen LogP contribution is 2.35. The predicted octanol–water partition coefficient (Wildman–Crippen LogP) is -0.268. The normalized spacial score (nSPS) is 15.2. The van der Waals surface area contributed by atoms with E-state index >= 15 is 0 Å². The van der Waals surface area contributed by atoms with Crippen molar-refractivity contribution in [2.75, 3.05) is 18.1 Å². The number of rotatable bonds is 4. The Morgan fingerprint density at radius 1 is 1.60 bits per heavy atom. The molecule has 1 aliphatic heterocycles. The van der Waals surface area contributed by atoms with Gasteiger partial charge in [-0.3, -0.25) is 19.7 Å². The number of nitrogens with zero attached hydrogens (tertiary/aromatic N) is 2. The molecule has 0 bridgehead atoms. The predicted molar refractivity (Wildman–Crippen MR) is 66.6 cm³/mol. The summed E-state index contributed by atoms with van der Waals surface area (Å²) in [6, 6.07) is 2.47. The molecule has 1 unspecified atom stereocenters. The average Bonchev–Trinajstić information content (AvgIpc) is 2.41. The molecule has 9 nitrogen and oxygen atoms in total. The highest BCUT2D eigenvalue weighted by molar-refractivity contribution is 5.99. The van der Waals surface area contributed by atoms with E-state index in [1.807, 2.05) is 0 Å². The van der Waals surface area contributed by atoms with Crippen molar-refractivity contribution in [2.24, 2.45) is 5.73 Å². The number of ether oxygens (including phenoxy) is 1. The van der Waals surface area contributed by atoms with Gasteiger partial charge in [0.25, 0.3) is 11.6 Å². The van der Waals surface area contributed by atoms with E-state index in [1.165, 1.54) is 12.1 Å². The van der Waals surface area contributed by atoms with Gasteiger partial charge in [0.2, 0.25) is 0 Å². The molecule has 0 aliphatic carbocycles. The van der Waals surface area contributed by atoms with Crippen molar-refractivity contribution in [2.45, 2.75) is 6.04 Å². The minimum absolute atomic E-state index is 0.146. The molecule has 0 radical (unpaired) electrons. The second-order valence-corrected chi connectivity index (χ2v) is 4.15. The zero-order valence-corrected chi connectivity index (χ0v) is 10.2. The number of nitrogens with two attached hydrogens (primary N) is 1. The number of fused-ring (bicyclic) bond motifs is 1. The molecule has 1 heterocycles. The van der Waals surface area contributed by atoms with Gasteiger partial charge in [0.15, 0.2) is 6.61 Å². The van der Waals surface area contributed by atoms with E-state index in [1.54, 1.807) is 0 Å². The van der Waals surface area contributed by atoms with E-state index in [2.05, 4.69) is 0 Å². The molecule has 1 aliphatic rings. The lowest BCUT2D eigenvalue weighted by molar-refractivity contribution is -0.384. The molecule has 2 rings (SSSR count). The summed E-state index contributed by atoms with van der Waals surface area (Å²) in [4.78, 5) is 33.8. The highest BCUT2D eigenvalue weighted by Gasteiger charge is 2.30. The fraction of sp³-hybridized carbons (Fsp3) is 0.273. The molecule has 3 N–H and O–H groups in total. The monoisotopic (exact) mass is 281 g/mol. The van der Waals surface area contributed by atoms with E-state index in [0.29, 0.717) is 0 Å². The van der Waals surface area contributed by atoms with Crippen LogP contribution in [0, 0.1) is 10.1 Å². The Hall–Kier alpha value is -2.68. The van der Waals surface area contributed by atoms with Gasteiger partial charge in [0, 0.05) is 12.1 Å². The van der Waals surface area contributed by atoms with Crippen LogP contribution in [0.2, 0.25) is 0 Å². The number of carbonyl (C=O) groups is 2. The van der Waals surface area contributed by atoms with E-state index < -0.39 is 22.8 Å². The second-order valence-electron chi connectivity index (χ2n) is 4.15. The minimum atomic E-state index is -1.29. The second kappa shape index (κ2) is 5.13. The van der Waals surface area contributed by atoms with Crippen LogP contribution in [-0.4, -0.2) is 41.1 Å². The summed E-state index contributed by atoms with van der Waals surface area (Å²) in [7, 11) is 0. The number of anilines is 1. The number of aliphatic carboxylic acids is 1. The molecule has 20 heavy (non-hydrogen) atoms. The number of nitro groups is 1. The van der Waals surface area contributed by atoms with Gasteiger partial charge >= 0.3 is 5.97 Å². The lowest BCUT2D eigenvalue weighted by Gasteiger charge is -2.30. The number of hydrogen-bond acceptors (Lipinski definition) is 6. The summed E-state index contributed by atoms with van der Waals surface area (Å²) >= 11 is 0. The molecule has 0 spiro atoms. The van der Waals surface area contributed by atoms with Gasteiger partial charge in [-0.05, 0) is 6.07 Å². The Labute approximate surface area is 112 Å². The van der Waals surface area contributed by atoms with E-state index in [-0.39, 0.29) is 30.3 Å². The van der Waals surface area contributed by atoms with Crippen molar-refractivity contribution < 1.29 is 24.4 Å². The van der Waals surface area contributed by atoms with Crippen molar-refractivity contribution in [3.05, 3.63) is 28.3 Å². The van der Waals surface area contributed by atoms with Crippen LogP contribution in [-0.2, 0) is 9.59 Å². The summed E-state index contributed by atoms with van der Waals surface area (Å²) in [5.74, 6) is -1.50. The van der Waals surface area contributed by atoms with Crippen molar-refractivity contribution >= 4 is 23.3 Å². The van der Waals surface area contributed by atoms with Gasteiger partial charge in [-0.15, -0.1) is 0 Å². The van der Waals surface area contributed by atoms with Crippen LogP contribution in [0.3, 0.4) is 0 Å². The molecular formula is C11H11N3O6. The smallest absolute Gasteiger partial charge is 0.322 e. The summed E-state index contributed by atoms with van der Waals surface area (Å²) in [6.45, 7) is -0.553. The third kappa shape index (κ3) is 2.52. The summed E-state index contributed by atoms with van der Waals surface area (Å²) in [6.07, 6.45) is 0. The topological polar surface area (TPSA) is 136 Å². The number of hydrogen-bond donors (Lipinski definition) is 2. The molecule has 0 fully saturated rings. The third-order valence-electron chi connectivity index (χ3n) is 2.79. The van der Waals surface area contributed by atoms with Crippen molar-refractivity contribution in [1.29, 1.82) is 0 Å². The molecule has 1 atom stereocenters. The highest BCUT2D eigenvalue weighted by atomic mass is 16.6. The Morgan fingerprint density at radius 3 is 2.90 bits per heavy atom. The molecule has 0 aromatic heterocycles. The van der Waals surface area contributed by atoms with Gasteiger partial charge < -0.3 is 20.5 Å². The molecule has 1 amide bonds. The third-order valence-corrected chi connectivity index (χ3v) is 2.79. The van der Waals surface area contributed by atoms with Crippen LogP contribution < -0.4 is 15.4 Å². The number of carbonyl (C=O) groups excluding carboxylic acids is 1. The Balaban J connectivity index is 2.38. The Kier molecular flexibility index (Phi) is 3.53. The average molecular weight is 281 g/mol. The SMILES string of the molecule is NC(CN1C(=O)COc2ccc([N+](=O)[O-])cc21)C(=O)O. The first-order chi connectivity index (χ1) is 9.40. The Bertz CT molecular complexity index is 588. The maximum absolute atomic E-state index is 11.8. The largest absolute Gasteiger partial charge is 0.482 e. The van der Waals surface area contributed by atoms with Crippen molar-refractivity contribution in [1.82, 2.24) is 0 Å². The first kappa shape index (κ1) is 13.7. The first-order valence-electron chi connectivity index (χ1n) is 5.60. The maximum atomic E-state index is 11.8. The number of benzene rings is 1. The number of nitro benzene ring substituents is 1. The van der Waals surface area contributed by atoms with Gasteiger partial charge in [0.05, 0.1) is 17.2 Å². The minimum Gasteiger partial charge on any atom is -0.482 e. The zero-order chi connectivity index (χ0) is 14.9. The van der Waals surface area contributed by atoms with Gasteiger partial charge in [-0.1, -0.05) is 0 Å². The van der Waals surface area contributed by atoms with Crippen LogP contribution in [0.5, 0.6) is 5.75 Å². The van der Waals surface area contributed by atoms with Crippen LogP contribution in [0.15, 0.2) is 18.2 Å². The van der Waals surface area contributed by atoms with Gasteiger partial charge in [-0.2, -0.15) is 0 Å². The van der Waals surface area contributed by atoms with Crippen LogP contribution in [0.1, 0.15) is 0 Å². The molecule has 1 aromatic carbocycles. The Morgan fingerprint density at radius 2 is 2.30 bits per heavy atom. The standard InChI is InChI=1S/C11H11N3O6/c12-7(11(16)17)4-13-8-3-6(14(18)19)1-2-9(8)20-5-10(13)15/h1-3,7H,4-5,12H2,(H,16,17). The molecule has 0 saturated heterocycles. The lowest BCUT2D eigenvalue weighted by atomic mass is 10.2. The van der Waals surface area contributed by atoms with Gasteiger partial charge in [-0.25, -0.2) is 0 Å². The lowest BCUT2D eigenvalue weighted by Crippen LogP contribution is -2.48. The first-order valence-corrected chi connectivity index (χ1v) is 5.60. The maximum Gasteiger partial charge on any atom is 0.322 e. The van der Waals surface area contributed by atoms with E-state index in [4.69, 9.17) is 15.6 Å². The van der Waals surface area contributed by atoms with Gasteiger partial charge in [0.1, 0.15) is 11.8 Å². The molecule has 9 heteroatoms. The van der Waals surface area contributed by atoms with Crippen molar-refractivity contribution in [3.63, 3.8) is 0 Å². The van der Waals surface area contributed by atoms with Crippen LogP contribution in [0.25, 0.3) is 0 Å². The molecular weight excluding hydrogens is 270 g/mol. The number of carboxylic acids is 1. The summed E-state index contributed by atoms with van der Waals surface area (Å²) in [5.41, 5.74) is 5.32. The number of carboxylic acid groups (broad SMARTS) is 1. The summed E-state index contributed by atoms with van der Waals surface area (Å²) < 4.78 is 5.14. The van der Waals surface area contributed by atoms with E-state index in [9.17, 15) is 19.7 Å². The fourth-order valence-electron chi connectivity index (χ4n) is 1.78. The number of amides is 1. The van der Waals surface area contributed by atoms with Crippen LogP contribution in [0.4, 0.5) is 11.4 Å². The molecule has 1 aromatic rings. The van der Waals surface area contributed by atoms with E-state index in [0.717, 1.165) is 11.0 Å². The zero-order valence-electron chi connectivity index (χ0n) is 10.2. The van der Waals surface area contributed by atoms with Crippen molar-refractivity contribution in [3.8, 4) is 5.75 Å². The molecule has 0 saturated carbocycles.